The minimum atomic E-state index is -1.00. The fourth-order valence-electron chi connectivity index (χ4n) is 8.14. The van der Waals surface area contributed by atoms with Gasteiger partial charge in [0.1, 0.15) is 0 Å². The Balaban J connectivity index is 1.42. The summed E-state index contributed by atoms with van der Waals surface area (Å²) in [6.07, 6.45) is 7.82. The Morgan fingerprint density at radius 3 is 2.70 bits per heavy atom. The van der Waals surface area contributed by atoms with Crippen LogP contribution in [0.5, 0.6) is 0 Å². The standard InChI is InChI=1S/C27H38N2O4/c1-16(29-15-17-5-4-10-28-14-17)18-7-9-27(33)20-11-22(30)21-12-23(31)24(32)13-25(21,2)19(20)6-8-26(18,27)3/h4-5,10-11,14,16,18-19,21,23-24,29,31-33H,6-9,12-13,15H2,1-3H3/t16?,18-,19?,21?,23-,24+,25-,26-,27-/m1/s1. The molecule has 0 aromatic carbocycles. The van der Waals surface area contributed by atoms with Crippen LogP contribution < -0.4 is 5.32 Å². The quantitative estimate of drug-likeness (QED) is 0.558. The number of nitrogens with zero attached hydrogens (tertiary/aromatic N) is 1. The van der Waals surface area contributed by atoms with Gasteiger partial charge in [0.05, 0.1) is 17.8 Å². The molecule has 3 unspecified atom stereocenters. The fourth-order valence-corrected chi connectivity index (χ4v) is 8.14. The summed E-state index contributed by atoms with van der Waals surface area (Å²) in [5, 5.41) is 36.6. The van der Waals surface area contributed by atoms with Crippen LogP contribution in [0, 0.1) is 28.6 Å². The first-order valence-electron chi connectivity index (χ1n) is 12.6. The number of aliphatic hydroxyl groups is 3. The second-order valence-corrected chi connectivity index (χ2v) is 11.7. The molecule has 4 N–H and O–H groups in total. The number of fused-ring (bicyclic) bond motifs is 5. The van der Waals surface area contributed by atoms with Gasteiger partial charge in [0, 0.05) is 36.3 Å². The molecule has 6 heteroatoms. The Hall–Kier alpha value is -1.60. The van der Waals surface area contributed by atoms with Gasteiger partial charge in [-0.1, -0.05) is 19.9 Å². The van der Waals surface area contributed by atoms with Gasteiger partial charge in [-0.25, -0.2) is 0 Å². The summed E-state index contributed by atoms with van der Waals surface area (Å²) in [4.78, 5) is 17.5. The molecule has 0 spiro atoms. The van der Waals surface area contributed by atoms with Crippen LogP contribution in [-0.4, -0.2) is 49.9 Å². The SMILES string of the molecule is CC(NCc1cccnc1)[C@H]1CC[C@@]2(O)C3=CC(=O)C4C[C@@H](O)[C@@H](O)C[C@]4(C)C3CC[C@]12C. The number of aliphatic hydroxyl groups excluding tert-OH is 2. The van der Waals surface area contributed by atoms with Gasteiger partial charge in [-0.05, 0) is 86.0 Å². The highest BCUT2D eigenvalue weighted by molar-refractivity contribution is 5.95. The van der Waals surface area contributed by atoms with Gasteiger partial charge in [-0.15, -0.1) is 0 Å². The van der Waals surface area contributed by atoms with Crippen LogP contribution in [-0.2, 0) is 11.3 Å². The van der Waals surface area contributed by atoms with Crippen molar-refractivity contribution < 1.29 is 20.1 Å². The fraction of sp³-hybridized carbons (Fsp3) is 0.704. The first-order chi connectivity index (χ1) is 15.6. The molecule has 1 aromatic heterocycles. The van der Waals surface area contributed by atoms with Gasteiger partial charge in [-0.3, -0.25) is 9.78 Å². The highest BCUT2D eigenvalue weighted by atomic mass is 16.3. The van der Waals surface area contributed by atoms with Gasteiger partial charge in [0.15, 0.2) is 5.78 Å². The van der Waals surface area contributed by atoms with E-state index in [1.165, 1.54) is 0 Å². The summed E-state index contributed by atoms with van der Waals surface area (Å²) in [6.45, 7) is 7.26. The van der Waals surface area contributed by atoms with Crippen LogP contribution in [0.4, 0.5) is 0 Å². The third-order valence-electron chi connectivity index (χ3n) is 10.1. The molecule has 1 heterocycles. The van der Waals surface area contributed by atoms with Crippen LogP contribution in [0.15, 0.2) is 36.2 Å². The maximum atomic E-state index is 13.3. The lowest BCUT2D eigenvalue weighted by molar-refractivity contribution is -0.152. The van der Waals surface area contributed by atoms with E-state index in [9.17, 15) is 20.1 Å². The molecular formula is C27H38N2O4. The second kappa shape index (κ2) is 7.98. The molecule has 3 saturated carbocycles. The maximum Gasteiger partial charge on any atom is 0.159 e. The summed E-state index contributed by atoms with van der Waals surface area (Å²) < 4.78 is 0. The molecule has 6 nitrogen and oxygen atoms in total. The minimum Gasteiger partial charge on any atom is -0.390 e. The highest BCUT2D eigenvalue weighted by Gasteiger charge is 2.66. The molecule has 0 saturated heterocycles. The molecule has 3 fully saturated rings. The average molecular weight is 455 g/mol. The van der Waals surface area contributed by atoms with Crippen molar-refractivity contribution >= 4 is 5.78 Å². The van der Waals surface area contributed by atoms with Crippen LogP contribution in [0.25, 0.3) is 0 Å². The molecule has 33 heavy (non-hydrogen) atoms. The van der Waals surface area contributed by atoms with Crippen molar-refractivity contribution in [1.82, 2.24) is 10.3 Å². The summed E-state index contributed by atoms with van der Waals surface area (Å²) in [7, 11) is 0. The van der Waals surface area contributed by atoms with Crippen molar-refractivity contribution in [3.63, 3.8) is 0 Å². The van der Waals surface area contributed by atoms with E-state index in [1.807, 2.05) is 12.3 Å². The largest absolute Gasteiger partial charge is 0.390 e. The second-order valence-electron chi connectivity index (χ2n) is 11.7. The molecule has 1 aromatic rings. The summed E-state index contributed by atoms with van der Waals surface area (Å²) in [5.41, 5.74) is 0.302. The van der Waals surface area contributed by atoms with Gasteiger partial charge in [0.2, 0.25) is 0 Å². The minimum absolute atomic E-state index is 0.0126. The third-order valence-corrected chi connectivity index (χ3v) is 10.1. The lowest BCUT2D eigenvalue weighted by Gasteiger charge is -2.60. The van der Waals surface area contributed by atoms with Crippen LogP contribution >= 0.6 is 0 Å². The summed E-state index contributed by atoms with van der Waals surface area (Å²) >= 11 is 0. The molecule has 180 valence electrons. The molecule has 5 rings (SSSR count). The van der Waals surface area contributed by atoms with E-state index >= 15 is 0 Å². The Morgan fingerprint density at radius 2 is 1.97 bits per heavy atom. The average Bonchev–Trinajstić information content (AvgIpc) is 3.06. The highest BCUT2D eigenvalue weighted by Crippen LogP contribution is 2.67. The van der Waals surface area contributed by atoms with Crippen molar-refractivity contribution in [2.75, 3.05) is 0 Å². The van der Waals surface area contributed by atoms with Crippen molar-refractivity contribution in [3.8, 4) is 0 Å². The Morgan fingerprint density at radius 1 is 1.18 bits per heavy atom. The third kappa shape index (κ3) is 3.36. The number of carbonyl (C=O) groups excluding carboxylic acids is 1. The zero-order valence-corrected chi connectivity index (χ0v) is 20.0. The molecule has 9 atom stereocenters. The zero-order chi connectivity index (χ0) is 23.6. The first-order valence-corrected chi connectivity index (χ1v) is 12.6. The summed E-state index contributed by atoms with van der Waals surface area (Å²) in [5.74, 6) is 0.0895. The van der Waals surface area contributed by atoms with E-state index in [0.29, 0.717) is 25.2 Å². The number of hydrogen-bond donors (Lipinski definition) is 4. The smallest absolute Gasteiger partial charge is 0.159 e. The predicted molar refractivity (Wildman–Crippen MR) is 125 cm³/mol. The van der Waals surface area contributed by atoms with Crippen LogP contribution in [0.1, 0.15) is 64.9 Å². The monoisotopic (exact) mass is 454 g/mol. The Kier molecular flexibility index (Phi) is 5.60. The van der Waals surface area contributed by atoms with Crippen molar-refractivity contribution in [2.24, 2.45) is 28.6 Å². The first kappa shape index (κ1) is 23.2. The molecule has 0 radical (unpaired) electrons. The van der Waals surface area contributed by atoms with E-state index in [4.69, 9.17) is 0 Å². The number of allylic oxidation sites excluding steroid dienone is 1. The van der Waals surface area contributed by atoms with E-state index in [1.54, 1.807) is 12.3 Å². The number of nitrogens with one attached hydrogen (secondary N) is 1. The van der Waals surface area contributed by atoms with Gasteiger partial charge in [0.25, 0.3) is 0 Å². The number of aromatic nitrogens is 1. The zero-order valence-electron chi connectivity index (χ0n) is 20.0. The van der Waals surface area contributed by atoms with E-state index in [-0.39, 0.29) is 29.1 Å². The van der Waals surface area contributed by atoms with E-state index in [0.717, 1.165) is 36.9 Å². The number of pyridine rings is 1. The molecule has 0 aliphatic heterocycles. The van der Waals surface area contributed by atoms with E-state index in [2.05, 4.69) is 37.1 Å². The molecule has 4 aliphatic carbocycles. The van der Waals surface area contributed by atoms with Crippen LogP contribution in [0.3, 0.4) is 0 Å². The van der Waals surface area contributed by atoms with Crippen molar-refractivity contribution in [2.45, 2.75) is 89.7 Å². The van der Waals surface area contributed by atoms with E-state index < -0.39 is 23.2 Å². The lowest BCUT2D eigenvalue weighted by atomic mass is 9.46. The maximum absolute atomic E-state index is 13.3. The van der Waals surface area contributed by atoms with Gasteiger partial charge in [-0.2, -0.15) is 0 Å². The number of hydrogen-bond acceptors (Lipinski definition) is 6. The van der Waals surface area contributed by atoms with Gasteiger partial charge < -0.3 is 20.6 Å². The topological polar surface area (TPSA) is 103 Å². The Labute approximate surface area is 196 Å². The molecular weight excluding hydrogens is 416 g/mol. The summed E-state index contributed by atoms with van der Waals surface area (Å²) in [6, 6.07) is 4.23. The number of carbonyl (C=O) groups is 1. The number of rotatable bonds is 4. The van der Waals surface area contributed by atoms with Gasteiger partial charge >= 0.3 is 0 Å². The normalized spacial score (nSPS) is 45.6. The van der Waals surface area contributed by atoms with Crippen LogP contribution in [0.2, 0.25) is 0 Å². The lowest BCUT2D eigenvalue weighted by Crippen LogP contribution is -2.61. The van der Waals surface area contributed by atoms with Crippen molar-refractivity contribution in [3.05, 3.63) is 41.7 Å². The molecule has 0 amide bonds. The number of ketones is 1. The Bertz CT molecular complexity index is 951. The molecule has 0 bridgehead atoms. The predicted octanol–water partition coefficient (Wildman–Crippen LogP) is 2.76. The molecule has 4 aliphatic rings. The van der Waals surface area contributed by atoms with Crippen molar-refractivity contribution in [1.29, 1.82) is 0 Å².